The van der Waals surface area contributed by atoms with Gasteiger partial charge < -0.3 is 21.5 Å². The molecule has 25 heavy (non-hydrogen) atoms. The van der Waals surface area contributed by atoms with Crippen molar-refractivity contribution in [2.75, 3.05) is 12.3 Å². The van der Waals surface area contributed by atoms with E-state index >= 15 is 0 Å². The molecular formula is C17H25N3O4S. The van der Waals surface area contributed by atoms with Crippen LogP contribution in [0.25, 0.3) is 0 Å². The topological polar surface area (TPSA) is 122 Å². The number of hydrogen-bond acceptors (Lipinski definition) is 5. The smallest absolute Gasteiger partial charge is 0.325 e. The third kappa shape index (κ3) is 8.55. The minimum Gasteiger partial charge on any atom is -0.480 e. The van der Waals surface area contributed by atoms with E-state index in [0.29, 0.717) is 24.5 Å². The highest BCUT2D eigenvalue weighted by Crippen LogP contribution is 2.13. The first kappa shape index (κ1) is 21.0. The van der Waals surface area contributed by atoms with Crippen molar-refractivity contribution in [3.63, 3.8) is 0 Å². The Labute approximate surface area is 151 Å². The average molecular weight is 367 g/mol. The Bertz CT molecular complexity index is 568. The van der Waals surface area contributed by atoms with Crippen LogP contribution in [0.3, 0.4) is 0 Å². The monoisotopic (exact) mass is 367 g/mol. The molecule has 0 fully saturated rings. The third-order valence-corrected chi connectivity index (χ3v) is 4.49. The standard InChI is InChI=1S/C17H25N3O4S/c1-12(17(23)24)19-16(22)14(20-15(21)8-5-9-18)11-25-10-13-6-3-2-4-7-13/h2-4,6-7,12,14H,5,8-11,18H2,1H3,(H,19,22)(H,20,21)(H,23,24)/t12-,14?/m1/s1. The molecule has 1 rings (SSSR count). The van der Waals surface area contributed by atoms with Crippen molar-refractivity contribution < 1.29 is 19.5 Å². The molecule has 2 atom stereocenters. The van der Waals surface area contributed by atoms with E-state index < -0.39 is 24.0 Å². The number of nitrogens with one attached hydrogen (secondary N) is 2. The summed E-state index contributed by atoms with van der Waals surface area (Å²) in [6.07, 6.45) is 0.765. The molecule has 8 heteroatoms. The number of rotatable bonds is 11. The zero-order valence-electron chi connectivity index (χ0n) is 14.2. The molecule has 1 aromatic carbocycles. The fourth-order valence-corrected chi connectivity index (χ4v) is 2.97. The van der Waals surface area contributed by atoms with Gasteiger partial charge in [0.05, 0.1) is 0 Å². The fourth-order valence-electron chi connectivity index (χ4n) is 1.96. The molecule has 2 amide bonds. The van der Waals surface area contributed by atoms with Crippen LogP contribution in [0.4, 0.5) is 0 Å². The summed E-state index contributed by atoms with van der Waals surface area (Å²) >= 11 is 1.50. The van der Waals surface area contributed by atoms with Crippen molar-refractivity contribution in [3.05, 3.63) is 35.9 Å². The van der Waals surface area contributed by atoms with Gasteiger partial charge in [-0.2, -0.15) is 11.8 Å². The summed E-state index contributed by atoms with van der Waals surface area (Å²) < 4.78 is 0. The second-order valence-corrected chi connectivity index (χ2v) is 6.61. The van der Waals surface area contributed by atoms with E-state index in [1.807, 2.05) is 30.3 Å². The molecule has 0 saturated heterocycles. The minimum atomic E-state index is -1.13. The van der Waals surface area contributed by atoms with Gasteiger partial charge in [-0.1, -0.05) is 30.3 Å². The van der Waals surface area contributed by atoms with E-state index in [0.717, 1.165) is 5.56 Å². The molecule has 0 bridgehead atoms. The SMILES string of the molecule is C[C@@H](NC(=O)C(CSCc1ccccc1)NC(=O)CCCN)C(=O)O. The number of amides is 2. The zero-order chi connectivity index (χ0) is 18.7. The molecule has 0 radical (unpaired) electrons. The maximum Gasteiger partial charge on any atom is 0.325 e. The van der Waals surface area contributed by atoms with Gasteiger partial charge in [0.15, 0.2) is 0 Å². The molecule has 0 aliphatic carbocycles. The lowest BCUT2D eigenvalue weighted by molar-refractivity contribution is -0.141. The highest BCUT2D eigenvalue weighted by Gasteiger charge is 2.24. The van der Waals surface area contributed by atoms with Gasteiger partial charge in [0, 0.05) is 17.9 Å². The van der Waals surface area contributed by atoms with Crippen molar-refractivity contribution >= 4 is 29.5 Å². The molecule has 0 aliphatic rings. The number of carbonyl (C=O) groups excluding carboxylic acids is 2. The number of benzene rings is 1. The van der Waals surface area contributed by atoms with E-state index in [9.17, 15) is 14.4 Å². The third-order valence-electron chi connectivity index (χ3n) is 3.38. The Kier molecular flexibility index (Phi) is 9.64. The highest BCUT2D eigenvalue weighted by molar-refractivity contribution is 7.98. The van der Waals surface area contributed by atoms with Crippen LogP contribution < -0.4 is 16.4 Å². The van der Waals surface area contributed by atoms with Crippen LogP contribution in [0.1, 0.15) is 25.3 Å². The lowest BCUT2D eigenvalue weighted by Gasteiger charge is -2.20. The molecule has 1 unspecified atom stereocenters. The zero-order valence-corrected chi connectivity index (χ0v) is 15.1. The number of carbonyl (C=O) groups is 3. The van der Waals surface area contributed by atoms with Crippen LogP contribution in [0, 0.1) is 0 Å². The van der Waals surface area contributed by atoms with Crippen LogP contribution in [0.5, 0.6) is 0 Å². The van der Waals surface area contributed by atoms with Gasteiger partial charge in [-0.3, -0.25) is 14.4 Å². The van der Waals surface area contributed by atoms with Crippen LogP contribution in [0.2, 0.25) is 0 Å². The Hall–Kier alpha value is -2.06. The highest BCUT2D eigenvalue weighted by atomic mass is 32.2. The first-order chi connectivity index (χ1) is 11.9. The average Bonchev–Trinajstić information content (AvgIpc) is 2.59. The van der Waals surface area contributed by atoms with E-state index in [-0.39, 0.29) is 12.3 Å². The molecule has 0 aliphatic heterocycles. The van der Waals surface area contributed by atoms with Crippen LogP contribution in [-0.4, -0.2) is 47.3 Å². The number of nitrogens with two attached hydrogens (primary N) is 1. The predicted octanol–water partition coefficient (Wildman–Crippen LogP) is 0.733. The lowest BCUT2D eigenvalue weighted by atomic mass is 10.2. The van der Waals surface area contributed by atoms with Crippen molar-refractivity contribution in [3.8, 4) is 0 Å². The van der Waals surface area contributed by atoms with E-state index in [1.54, 1.807) is 0 Å². The van der Waals surface area contributed by atoms with Gasteiger partial charge in [-0.25, -0.2) is 0 Å². The fraction of sp³-hybridized carbons (Fsp3) is 0.471. The summed E-state index contributed by atoms with van der Waals surface area (Å²) in [5.41, 5.74) is 6.49. The molecule has 0 aromatic heterocycles. The van der Waals surface area contributed by atoms with Gasteiger partial charge >= 0.3 is 5.97 Å². The molecule has 0 heterocycles. The Morgan fingerprint density at radius 3 is 2.48 bits per heavy atom. The summed E-state index contributed by atoms with van der Waals surface area (Å²) in [5, 5.41) is 14.0. The van der Waals surface area contributed by atoms with Crippen molar-refractivity contribution in [1.82, 2.24) is 10.6 Å². The van der Waals surface area contributed by atoms with Crippen molar-refractivity contribution in [1.29, 1.82) is 0 Å². The second-order valence-electron chi connectivity index (χ2n) is 5.58. The van der Waals surface area contributed by atoms with E-state index in [2.05, 4.69) is 10.6 Å². The van der Waals surface area contributed by atoms with E-state index in [1.165, 1.54) is 18.7 Å². The summed E-state index contributed by atoms with van der Waals surface area (Å²) in [7, 11) is 0. The summed E-state index contributed by atoms with van der Waals surface area (Å²) in [4.78, 5) is 35.1. The quantitative estimate of drug-likeness (QED) is 0.457. The normalized spacial score (nSPS) is 12.9. The maximum absolute atomic E-state index is 12.3. The van der Waals surface area contributed by atoms with Gasteiger partial charge in [0.1, 0.15) is 12.1 Å². The van der Waals surface area contributed by atoms with E-state index in [4.69, 9.17) is 10.8 Å². The molecule has 0 spiro atoms. The van der Waals surface area contributed by atoms with Crippen LogP contribution in [0.15, 0.2) is 30.3 Å². The number of thioether (sulfide) groups is 1. The van der Waals surface area contributed by atoms with Crippen molar-refractivity contribution in [2.45, 2.75) is 37.6 Å². The summed E-state index contributed by atoms with van der Waals surface area (Å²) in [6.45, 7) is 1.77. The number of hydrogen-bond donors (Lipinski definition) is 4. The molecule has 138 valence electrons. The Balaban J connectivity index is 2.61. The molecule has 1 aromatic rings. The number of aliphatic carboxylic acids is 1. The molecular weight excluding hydrogens is 342 g/mol. The summed E-state index contributed by atoms with van der Waals surface area (Å²) in [6, 6.07) is 7.95. The number of carboxylic acid groups (broad SMARTS) is 1. The Morgan fingerprint density at radius 1 is 1.20 bits per heavy atom. The van der Waals surface area contributed by atoms with Crippen LogP contribution in [-0.2, 0) is 20.1 Å². The largest absolute Gasteiger partial charge is 0.480 e. The molecule has 5 N–H and O–H groups in total. The van der Waals surface area contributed by atoms with Gasteiger partial charge in [0.25, 0.3) is 0 Å². The maximum atomic E-state index is 12.3. The van der Waals surface area contributed by atoms with Crippen LogP contribution >= 0.6 is 11.8 Å². The second kappa shape index (κ2) is 11.5. The van der Waals surface area contributed by atoms with Gasteiger partial charge in [-0.15, -0.1) is 0 Å². The first-order valence-electron chi connectivity index (χ1n) is 8.08. The van der Waals surface area contributed by atoms with Gasteiger partial charge in [0.2, 0.25) is 11.8 Å². The first-order valence-corrected chi connectivity index (χ1v) is 9.23. The number of carboxylic acids is 1. The predicted molar refractivity (Wildman–Crippen MR) is 98.1 cm³/mol. The molecule has 0 saturated carbocycles. The summed E-state index contributed by atoms with van der Waals surface area (Å²) in [5.74, 6) is -0.858. The Morgan fingerprint density at radius 2 is 1.88 bits per heavy atom. The molecule has 7 nitrogen and oxygen atoms in total. The minimum absolute atomic E-state index is 0.234. The van der Waals surface area contributed by atoms with Gasteiger partial charge in [-0.05, 0) is 25.5 Å². The lowest BCUT2D eigenvalue weighted by Crippen LogP contribution is -2.52. The van der Waals surface area contributed by atoms with Crippen molar-refractivity contribution in [2.24, 2.45) is 5.73 Å².